The van der Waals surface area contributed by atoms with Gasteiger partial charge in [0.2, 0.25) is 17.7 Å². The highest BCUT2D eigenvalue weighted by Crippen LogP contribution is 2.21. The zero-order valence-electron chi connectivity index (χ0n) is 24.2. The monoisotopic (exact) mass is 599 g/mol. The van der Waals surface area contributed by atoms with Crippen LogP contribution in [-0.4, -0.2) is 112 Å². The van der Waals surface area contributed by atoms with Crippen LogP contribution in [0, 0.1) is 5.82 Å². The lowest BCUT2D eigenvalue weighted by atomic mass is 10.1. The summed E-state index contributed by atoms with van der Waals surface area (Å²) in [6.07, 6.45) is 0.537. The molecule has 2 aromatic carbocycles. The molecule has 4 rings (SSSR count). The number of carbonyl (C=O) groups is 4. The fourth-order valence-corrected chi connectivity index (χ4v) is 5.02. The Morgan fingerprint density at radius 2 is 1.86 bits per heavy atom. The number of amides is 4. The van der Waals surface area contributed by atoms with E-state index in [9.17, 15) is 23.6 Å². The molecule has 12 nitrogen and oxygen atoms in total. The molecular formula is C30H38FN5O7. The lowest BCUT2D eigenvalue weighted by Gasteiger charge is -2.30. The molecule has 13 heteroatoms. The Labute approximate surface area is 249 Å². The van der Waals surface area contributed by atoms with Crippen molar-refractivity contribution in [1.29, 1.82) is 0 Å². The molecule has 43 heavy (non-hydrogen) atoms. The Morgan fingerprint density at radius 1 is 1.07 bits per heavy atom. The van der Waals surface area contributed by atoms with Crippen LogP contribution in [0.4, 0.5) is 4.39 Å². The minimum Gasteiger partial charge on any atom is -0.497 e. The maximum absolute atomic E-state index is 13.6. The van der Waals surface area contributed by atoms with Crippen molar-refractivity contribution in [2.24, 2.45) is 0 Å². The van der Waals surface area contributed by atoms with Gasteiger partial charge in [0.15, 0.2) is 0 Å². The lowest BCUT2D eigenvalue weighted by molar-refractivity contribution is -0.145. The van der Waals surface area contributed by atoms with E-state index in [1.165, 1.54) is 34.1 Å². The molecule has 4 amide bonds. The van der Waals surface area contributed by atoms with Crippen molar-refractivity contribution in [2.75, 3.05) is 66.3 Å². The summed E-state index contributed by atoms with van der Waals surface area (Å²) in [4.78, 5) is 55.3. The molecule has 2 heterocycles. The van der Waals surface area contributed by atoms with Crippen LogP contribution in [0.1, 0.15) is 22.3 Å². The average Bonchev–Trinajstić information content (AvgIpc) is 3.44. The Balaban J connectivity index is 1.44. The van der Waals surface area contributed by atoms with Gasteiger partial charge in [-0.2, -0.15) is 0 Å². The maximum atomic E-state index is 13.6. The first kappa shape index (κ1) is 31.9. The van der Waals surface area contributed by atoms with Crippen molar-refractivity contribution in [1.82, 2.24) is 25.8 Å². The molecule has 0 saturated carbocycles. The summed E-state index contributed by atoms with van der Waals surface area (Å²) < 4.78 is 29.5. The molecule has 2 aliphatic heterocycles. The van der Waals surface area contributed by atoms with Crippen molar-refractivity contribution in [2.45, 2.75) is 25.0 Å². The highest BCUT2D eigenvalue weighted by molar-refractivity contribution is 5.94. The van der Waals surface area contributed by atoms with Gasteiger partial charge in [0, 0.05) is 44.3 Å². The highest BCUT2D eigenvalue weighted by atomic mass is 19.1. The first-order valence-corrected chi connectivity index (χ1v) is 14.3. The summed E-state index contributed by atoms with van der Waals surface area (Å²) in [6.45, 7) is 1.21. The van der Waals surface area contributed by atoms with Gasteiger partial charge in [0.25, 0.3) is 5.91 Å². The number of carbonyl (C=O) groups excluding carboxylic acids is 4. The Morgan fingerprint density at radius 3 is 2.65 bits per heavy atom. The van der Waals surface area contributed by atoms with E-state index in [4.69, 9.17) is 14.2 Å². The van der Waals surface area contributed by atoms with Gasteiger partial charge in [0.05, 0.1) is 33.5 Å². The van der Waals surface area contributed by atoms with E-state index < -0.39 is 29.6 Å². The number of nitrogens with zero attached hydrogens (tertiary/aromatic N) is 2. The van der Waals surface area contributed by atoms with E-state index in [-0.39, 0.29) is 70.1 Å². The number of rotatable bonds is 8. The first-order chi connectivity index (χ1) is 20.9. The third-order valence-corrected chi connectivity index (χ3v) is 7.29. The molecule has 232 valence electrons. The van der Waals surface area contributed by atoms with E-state index in [1.807, 2.05) is 24.3 Å². The van der Waals surface area contributed by atoms with Crippen LogP contribution < -0.4 is 20.7 Å². The Bertz CT molecular complexity index is 1260. The zero-order valence-corrected chi connectivity index (χ0v) is 24.2. The molecule has 0 aromatic heterocycles. The standard InChI is InChI=1S/C30H38FN5O7/c1-41-24-4-2-3-21(17-24)18-34-25-9-12-36-26(37)19-35(13-10-32-29(39)22-5-7-23(31)8-6-22)27(38)20-43-16-15-42-14-11-33-30(40)28(25)36/h2-8,17,25,28,34H,9-16,18-20H2,1H3,(H,32,39)(H,33,40)/t25-,28+/m1/s1. The van der Waals surface area contributed by atoms with Gasteiger partial charge in [-0.15, -0.1) is 0 Å². The zero-order chi connectivity index (χ0) is 30.6. The smallest absolute Gasteiger partial charge is 0.251 e. The minimum absolute atomic E-state index is 0.0274. The molecule has 2 fully saturated rings. The second-order valence-corrected chi connectivity index (χ2v) is 10.2. The number of methoxy groups -OCH3 is 1. The van der Waals surface area contributed by atoms with Crippen LogP contribution in [0.2, 0.25) is 0 Å². The Kier molecular flexibility index (Phi) is 11.8. The predicted molar refractivity (Wildman–Crippen MR) is 154 cm³/mol. The summed E-state index contributed by atoms with van der Waals surface area (Å²) in [5.41, 5.74) is 1.23. The molecule has 0 aliphatic carbocycles. The number of benzene rings is 2. The van der Waals surface area contributed by atoms with Crippen LogP contribution in [0.15, 0.2) is 48.5 Å². The molecule has 2 saturated heterocycles. The number of ether oxygens (including phenoxy) is 3. The predicted octanol–water partition coefficient (Wildman–Crippen LogP) is 0.315. The number of halogens is 1. The van der Waals surface area contributed by atoms with Crippen LogP contribution in [-0.2, 0) is 30.4 Å². The topological polar surface area (TPSA) is 139 Å². The summed E-state index contributed by atoms with van der Waals surface area (Å²) in [7, 11) is 1.59. The van der Waals surface area contributed by atoms with Crippen LogP contribution in [0.3, 0.4) is 0 Å². The largest absolute Gasteiger partial charge is 0.497 e. The van der Waals surface area contributed by atoms with Crippen molar-refractivity contribution in [3.05, 3.63) is 65.5 Å². The molecule has 3 N–H and O–H groups in total. The normalized spacial score (nSPS) is 20.6. The van der Waals surface area contributed by atoms with Gasteiger partial charge in [-0.1, -0.05) is 12.1 Å². The molecule has 0 spiro atoms. The van der Waals surface area contributed by atoms with Gasteiger partial charge in [0.1, 0.15) is 24.2 Å². The molecule has 0 radical (unpaired) electrons. The quantitative estimate of drug-likeness (QED) is 0.395. The van der Waals surface area contributed by atoms with Crippen molar-refractivity contribution >= 4 is 23.6 Å². The Hall–Kier alpha value is -4.07. The fourth-order valence-electron chi connectivity index (χ4n) is 5.02. The van der Waals surface area contributed by atoms with E-state index in [2.05, 4.69) is 16.0 Å². The third-order valence-electron chi connectivity index (χ3n) is 7.29. The summed E-state index contributed by atoms with van der Waals surface area (Å²) in [5, 5.41) is 8.97. The van der Waals surface area contributed by atoms with Gasteiger partial charge < -0.3 is 40.0 Å². The second-order valence-electron chi connectivity index (χ2n) is 10.2. The van der Waals surface area contributed by atoms with Gasteiger partial charge in [-0.05, 0) is 48.4 Å². The third kappa shape index (κ3) is 9.21. The van der Waals surface area contributed by atoms with E-state index in [1.54, 1.807) is 7.11 Å². The van der Waals surface area contributed by atoms with Gasteiger partial charge in [-0.3, -0.25) is 19.2 Å². The number of fused-ring (bicyclic) bond motifs is 1. The maximum Gasteiger partial charge on any atom is 0.251 e. The SMILES string of the molecule is COc1cccc(CN[C@@H]2CCN3C(=O)CN(CCNC(=O)c4ccc(F)cc4)C(=O)COCCOCCNC(=O)[C@H]23)c1. The van der Waals surface area contributed by atoms with E-state index in [0.717, 1.165) is 11.3 Å². The number of hydrogen-bond donors (Lipinski definition) is 3. The summed E-state index contributed by atoms with van der Waals surface area (Å²) in [5.74, 6) is -1.32. The molecular weight excluding hydrogens is 561 g/mol. The van der Waals surface area contributed by atoms with Crippen LogP contribution in [0.25, 0.3) is 0 Å². The van der Waals surface area contributed by atoms with Crippen molar-refractivity contribution < 1.29 is 37.8 Å². The van der Waals surface area contributed by atoms with Crippen molar-refractivity contribution in [3.63, 3.8) is 0 Å². The van der Waals surface area contributed by atoms with Gasteiger partial charge in [-0.25, -0.2) is 4.39 Å². The lowest BCUT2D eigenvalue weighted by Crippen LogP contribution is -2.56. The fraction of sp³-hybridized carbons (Fsp3) is 0.467. The minimum atomic E-state index is -0.797. The van der Waals surface area contributed by atoms with Crippen LogP contribution >= 0.6 is 0 Å². The van der Waals surface area contributed by atoms with E-state index in [0.29, 0.717) is 19.5 Å². The summed E-state index contributed by atoms with van der Waals surface area (Å²) >= 11 is 0. The van der Waals surface area contributed by atoms with Gasteiger partial charge >= 0.3 is 0 Å². The molecule has 0 unspecified atom stereocenters. The number of nitrogens with one attached hydrogen (secondary N) is 3. The number of hydrogen-bond acceptors (Lipinski definition) is 8. The molecule has 2 atom stereocenters. The molecule has 2 aliphatic rings. The first-order valence-electron chi connectivity index (χ1n) is 14.3. The van der Waals surface area contributed by atoms with Crippen LogP contribution in [0.5, 0.6) is 5.75 Å². The van der Waals surface area contributed by atoms with Crippen molar-refractivity contribution in [3.8, 4) is 5.75 Å². The van der Waals surface area contributed by atoms with E-state index >= 15 is 0 Å². The molecule has 0 bridgehead atoms. The summed E-state index contributed by atoms with van der Waals surface area (Å²) in [6, 6.07) is 11.5. The molecule has 2 aromatic rings. The second kappa shape index (κ2) is 16.0. The average molecular weight is 600 g/mol. The highest BCUT2D eigenvalue weighted by Gasteiger charge is 2.42.